The average Bonchev–Trinajstić information content (AvgIpc) is 3.19. The van der Waals surface area contributed by atoms with Crippen molar-refractivity contribution in [1.82, 2.24) is 15.6 Å². The maximum atomic E-state index is 13.9. The van der Waals surface area contributed by atoms with Crippen LogP contribution in [-0.2, 0) is 0 Å². The molecule has 1 fully saturated rings. The van der Waals surface area contributed by atoms with Crippen LogP contribution in [0.3, 0.4) is 0 Å². The van der Waals surface area contributed by atoms with Gasteiger partial charge in [-0.3, -0.25) is 4.99 Å². The van der Waals surface area contributed by atoms with Gasteiger partial charge in [0.2, 0.25) is 0 Å². The number of aliphatic imine (C=N–C) groups is 1. The van der Waals surface area contributed by atoms with Gasteiger partial charge in [-0.2, -0.15) is 0 Å². The quantitative estimate of drug-likeness (QED) is 0.406. The predicted molar refractivity (Wildman–Crippen MR) is 115 cm³/mol. The number of pyridine rings is 1. The zero-order valence-corrected chi connectivity index (χ0v) is 17.2. The van der Waals surface area contributed by atoms with Gasteiger partial charge < -0.3 is 20.3 Å². The monoisotopic (exact) mass is 399 g/mol. The molecule has 0 amide bonds. The van der Waals surface area contributed by atoms with Gasteiger partial charge >= 0.3 is 0 Å². The number of ether oxygens (including phenoxy) is 1. The maximum absolute atomic E-state index is 13.9. The average molecular weight is 400 g/mol. The standard InChI is InChI=1S/C22H30FN5O/c1-17-7-9-19(10-8-17)29-15-4-3-12-26-22(24-2)27-18-11-14-28(16-18)21-20(23)6-5-13-25-21/h5-10,13,18H,3-4,11-12,14-16H2,1-2H3,(H2,24,26,27). The molecule has 2 heterocycles. The zero-order chi connectivity index (χ0) is 20.5. The molecule has 29 heavy (non-hydrogen) atoms. The van der Waals surface area contributed by atoms with Gasteiger partial charge in [0, 0.05) is 38.9 Å². The molecule has 7 heteroatoms. The maximum Gasteiger partial charge on any atom is 0.191 e. The van der Waals surface area contributed by atoms with Crippen LogP contribution in [0.4, 0.5) is 10.2 Å². The van der Waals surface area contributed by atoms with E-state index in [-0.39, 0.29) is 11.9 Å². The first-order chi connectivity index (χ1) is 14.2. The molecule has 1 aliphatic rings. The smallest absolute Gasteiger partial charge is 0.191 e. The van der Waals surface area contributed by atoms with Crippen LogP contribution < -0.4 is 20.3 Å². The van der Waals surface area contributed by atoms with Crippen molar-refractivity contribution in [3.8, 4) is 5.75 Å². The summed E-state index contributed by atoms with van der Waals surface area (Å²) in [6, 6.07) is 11.4. The van der Waals surface area contributed by atoms with Crippen LogP contribution >= 0.6 is 0 Å². The molecular formula is C22H30FN5O. The van der Waals surface area contributed by atoms with E-state index in [1.807, 2.05) is 17.0 Å². The van der Waals surface area contributed by atoms with Crippen LogP contribution in [0, 0.1) is 12.7 Å². The Morgan fingerprint density at radius 2 is 2.10 bits per heavy atom. The number of benzene rings is 1. The highest BCUT2D eigenvalue weighted by atomic mass is 19.1. The first-order valence-corrected chi connectivity index (χ1v) is 10.2. The van der Waals surface area contributed by atoms with Crippen LogP contribution in [0.25, 0.3) is 0 Å². The van der Waals surface area contributed by atoms with E-state index in [4.69, 9.17) is 4.74 Å². The Labute approximate surface area is 172 Å². The van der Waals surface area contributed by atoms with Gasteiger partial charge in [0.15, 0.2) is 17.6 Å². The number of nitrogens with one attached hydrogen (secondary N) is 2. The van der Waals surface area contributed by atoms with Gasteiger partial charge in [-0.15, -0.1) is 0 Å². The van der Waals surface area contributed by atoms with E-state index >= 15 is 0 Å². The van der Waals surface area contributed by atoms with Crippen LogP contribution in [-0.4, -0.2) is 50.3 Å². The Hall–Kier alpha value is -2.83. The van der Waals surface area contributed by atoms with Crippen LogP contribution in [0.15, 0.2) is 47.6 Å². The molecule has 0 radical (unpaired) electrons. The Bertz CT molecular complexity index is 796. The van der Waals surface area contributed by atoms with E-state index in [2.05, 4.69) is 39.7 Å². The molecule has 1 aliphatic heterocycles. The lowest BCUT2D eigenvalue weighted by Crippen LogP contribution is -2.45. The van der Waals surface area contributed by atoms with Gasteiger partial charge in [-0.1, -0.05) is 17.7 Å². The number of unbranched alkanes of at least 4 members (excludes halogenated alkanes) is 1. The molecule has 0 aliphatic carbocycles. The van der Waals surface area contributed by atoms with E-state index in [0.717, 1.165) is 44.1 Å². The molecule has 1 aromatic heterocycles. The number of hydrogen-bond donors (Lipinski definition) is 2. The number of hydrogen-bond acceptors (Lipinski definition) is 4. The second-order valence-electron chi connectivity index (χ2n) is 7.25. The first kappa shape index (κ1) is 20.9. The summed E-state index contributed by atoms with van der Waals surface area (Å²) in [6.07, 6.45) is 4.50. The number of anilines is 1. The summed E-state index contributed by atoms with van der Waals surface area (Å²) in [5, 5.41) is 6.77. The van der Waals surface area contributed by atoms with Crippen molar-refractivity contribution in [3.63, 3.8) is 0 Å². The van der Waals surface area contributed by atoms with E-state index in [9.17, 15) is 4.39 Å². The van der Waals surface area contributed by atoms with Gasteiger partial charge in [0.25, 0.3) is 0 Å². The summed E-state index contributed by atoms with van der Waals surface area (Å²) in [5.41, 5.74) is 1.23. The highest BCUT2D eigenvalue weighted by Crippen LogP contribution is 2.20. The van der Waals surface area contributed by atoms with Gasteiger partial charge in [-0.05, 0) is 50.5 Å². The minimum Gasteiger partial charge on any atom is -0.494 e. The van der Waals surface area contributed by atoms with Crippen molar-refractivity contribution in [3.05, 3.63) is 54.0 Å². The molecule has 1 saturated heterocycles. The summed E-state index contributed by atoms with van der Waals surface area (Å²) in [7, 11) is 1.76. The zero-order valence-electron chi connectivity index (χ0n) is 17.2. The molecule has 0 spiro atoms. The van der Waals surface area contributed by atoms with Gasteiger partial charge in [0.1, 0.15) is 5.75 Å². The SMILES string of the molecule is CN=C(NCCCCOc1ccc(C)cc1)NC1CCN(c2ncccc2F)C1. The summed E-state index contributed by atoms with van der Waals surface area (Å²) in [6.45, 7) is 5.07. The van der Waals surface area contributed by atoms with E-state index in [1.165, 1.54) is 11.6 Å². The number of aromatic nitrogens is 1. The fourth-order valence-corrected chi connectivity index (χ4v) is 3.33. The van der Waals surface area contributed by atoms with Gasteiger partial charge in [0.05, 0.1) is 6.61 Å². The second-order valence-corrected chi connectivity index (χ2v) is 7.25. The lowest BCUT2D eigenvalue weighted by Gasteiger charge is -2.20. The third-order valence-corrected chi connectivity index (χ3v) is 4.94. The topological polar surface area (TPSA) is 61.8 Å². The molecule has 1 atom stereocenters. The predicted octanol–water partition coefficient (Wildman–Crippen LogP) is 3.13. The number of aryl methyl sites for hydroxylation is 1. The molecule has 1 aromatic carbocycles. The van der Waals surface area contributed by atoms with Crippen molar-refractivity contribution >= 4 is 11.8 Å². The fourth-order valence-electron chi connectivity index (χ4n) is 3.33. The summed E-state index contributed by atoms with van der Waals surface area (Å²) >= 11 is 0. The van der Waals surface area contributed by atoms with Crippen molar-refractivity contribution < 1.29 is 9.13 Å². The first-order valence-electron chi connectivity index (χ1n) is 10.2. The van der Waals surface area contributed by atoms with Crippen molar-refractivity contribution in [1.29, 1.82) is 0 Å². The van der Waals surface area contributed by atoms with Crippen molar-refractivity contribution in [2.75, 3.05) is 38.2 Å². The Kier molecular flexibility index (Phi) is 7.67. The molecule has 2 N–H and O–H groups in total. The third-order valence-electron chi connectivity index (χ3n) is 4.94. The molecule has 3 rings (SSSR count). The van der Waals surface area contributed by atoms with Crippen molar-refractivity contribution in [2.24, 2.45) is 4.99 Å². The molecule has 2 aromatic rings. The molecule has 1 unspecified atom stereocenters. The van der Waals surface area contributed by atoms with Gasteiger partial charge in [-0.25, -0.2) is 9.37 Å². The number of nitrogens with zero attached hydrogens (tertiary/aromatic N) is 3. The highest BCUT2D eigenvalue weighted by molar-refractivity contribution is 5.80. The Balaban J connectivity index is 1.32. The molecular weight excluding hydrogens is 369 g/mol. The summed E-state index contributed by atoms with van der Waals surface area (Å²) in [5.74, 6) is 1.84. The minimum absolute atomic E-state index is 0.215. The number of rotatable bonds is 8. The summed E-state index contributed by atoms with van der Waals surface area (Å²) in [4.78, 5) is 10.4. The Morgan fingerprint density at radius 1 is 1.28 bits per heavy atom. The molecule has 156 valence electrons. The highest BCUT2D eigenvalue weighted by Gasteiger charge is 2.25. The van der Waals surface area contributed by atoms with E-state index < -0.39 is 0 Å². The number of halogens is 1. The van der Waals surface area contributed by atoms with Crippen molar-refractivity contribution in [2.45, 2.75) is 32.2 Å². The fraction of sp³-hybridized carbons (Fsp3) is 0.455. The van der Waals surface area contributed by atoms with E-state index in [0.29, 0.717) is 19.0 Å². The lowest BCUT2D eigenvalue weighted by molar-refractivity contribution is 0.307. The van der Waals surface area contributed by atoms with Crippen LogP contribution in [0.5, 0.6) is 5.75 Å². The molecule has 0 saturated carbocycles. The third kappa shape index (κ3) is 6.34. The normalized spacial score (nSPS) is 16.7. The van der Waals surface area contributed by atoms with Crippen LogP contribution in [0.1, 0.15) is 24.8 Å². The molecule has 0 bridgehead atoms. The lowest BCUT2D eigenvalue weighted by atomic mass is 10.2. The second kappa shape index (κ2) is 10.6. The minimum atomic E-state index is -0.275. The van der Waals surface area contributed by atoms with E-state index in [1.54, 1.807) is 19.3 Å². The number of guanidine groups is 1. The van der Waals surface area contributed by atoms with Crippen LogP contribution in [0.2, 0.25) is 0 Å². The largest absolute Gasteiger partial charge is 0.494 e. The Morgan fingerprint density at radius 3 is 2.86 bits per heavy atom. The molecule has 6 nitrogen and oxygen atoms in total. The summed E-state index contributed by atoms with van der Waals surface area (Å²) < 4.78 is 19.7.